The molecular weight excluding hydrogens is 164 g/mol. The van der Waals surface area contributed by atoms with Crippen molar-refractivity contribution < 1.29 is 9.53 Å². The zero-order valence-electron chi connectivity index (χ0n) is 5.71. The van der Waals surface area contributed by atoms with Crippen molar-refractivity contribution in [2.45, 2.75) is 0 Å². The topological polar surface area (TPSA) is 26.3 Å². The molecule has 0 bridgehead atoms. The number of halogens is 1. The Balaban J connectivity index is 2.63. The number of rotatable bonds is 3. The van der Waals surface area contributed by atoms with Crippen LogP contribution in [0.5, 0.6) is 5.75 Å². The Hall–Kier alpha value is -1.02. The van der Waals surface area contributed by atoms with Crippen LogP contribution in [0, 0.1) is 0 Å². The molecule has 0 fully saturated rings. The summed E-state index contributed by atoms with van der Waals surface area (Å²) in [4.78, 5) is 9.78. The third kappa shape index (κ3) is 2.60. The van der Waals surface area contributed by atoms with Crippen molar-refractivity contribution >= 4 is 17.9 Å². The SMILES string of the molecule is O=[C]COc1cccc(Cl)c1. The number of carbonyl (C=O) groups excluding carboxylic acids is 1. The Kier molecular flexibility index (Phi) is 2.93. The molecule has 11 heavy (non-hydrogen) atoms. The lowest BCUT2D eigenvalue weighted by Crippen LogP contribution is -1.96. The molecule has 3 heteroatoms. The summed E-state index contributed by atoms with van der Waals surface area (Å²) in [5, 5.41) is 0.591. The van der Waals surface area contributed by atoms with E-state index in [1.54, 1.807) is 30.6 Å². The first kappa shape index (κ1) is 8.08. The predicted molar refractivity (Wildman–Crippen MR) is 42.6 cm³/mol. The van der Waals surface area contributed by atoms with E-state index in [4.69, 9.17) is 16.3 Å². The van der Waals surface area contributed by atoms with Gasteiger partial charge in [-0.15, -0.1) is 0 Å². The van der Waals surface area contributed by atoms with Gasteiger partial charge in [-0.1, -0.05) is 17.7 Å². The fourth-order valence-corrected chi connectivity index (χ4v) is 0.850. The van der Waals surface area contributed by atoms with Crippen molar-refractivity contribution in [2.75, 3.05) is 6.61 Å². The van der Waals surface area contributed by atoms with Gasteiger partial charge in [0.15, 0.2) is 6.61 Å². The second-order valence-electron chi connectivity index (χ2n) is 1.89. The van der Waals surface area contributed by atoms with Gasteiger partial charge in [0, 0.05) is 5.02 Å². The molecule has 0 saturated carbocycles. The molecule has 57 valence electrons. The minimum absolute atomic E-state index is 0.0552. The van der Waals surface area contributed by atoms with Crippen LogP contribution in [-0.2, 0) is 4.79 Å². The van der Waals surface area contributed by atoms with E-state index in [2.05, 4.69) is 0 Å². The quantitative estimate of drug-likeness (QED) is 0.690. The lowest BCUT2D eigenvalue weighted by Gasteiger charge is -1.99. The minimum Gasteiger partial charge on any atom is -0.485 e. The zero-order valence-corrected chi connectivity index (χ0v) is 6.47. The second kappa shape index (κ2) is 3.98. The summed E-state index contributed by atoms with van der Waals surface area (Å²) in [6, 6.07) is 6.85. The molecule has 0 aliphatic carbocycles. The molecule has 0 aliphatic heterocycles. The molecule has 0 aliphatic rings. The van der Waals surface area contributed by atoms with E-state index < -0.39 is 0 Å². The Morgan fingerprint density at radius 3 is 3.00 bits per heavy atom. The first-order valence-corrected chi connectivity index (χ1v) is 3.44. The lowest BCUT2D eigenvalue weighted by atomic mass is 10.3. The van der Waals surface area contributed by atoms with Gasteiger partial charge in [0.1, 0.15) is 5.75 Å². The van der Waals surface area contributed by atoms with Crippen LogP contribution < -0.4 is 4.74 Å². The number of hydrogen-bond donors (Lipinski definition) is 0. The third-order valence-corrected chi connectivity index (χ3v) is 1.33. The monoisotopic (exact) mass is 169 g/mol. The molecule has 0 N–H and O–H groups in total. The third-order valence-electron chi connectivity index (χ3n) is 1.09. The van der Waals surface area contributed by atoms with Crippen molar-refractivity contribution in [1.29, 1.82) is 0 Å². The van der Waals surface area contributed by atoms with Gasteiger partial charge in [0.25, 0.3) is 0 Å². The number of hydrogen-bond acceptors (Lipinski definition) is 2. The molecule has 1 radical (unpaired) electrons. The maximum atomic E-state index is 9.78. The van der Waals surface area contributed by atoms with E-state index in [9.17, 15) is 4.79 Å². The van der Waals surface area contributed by atoms with Crippen molar-refractivity contribution in [3.63, 3.8) is 0 Å². The molecule has 0 aromatic heterocycles. The summed E-state index contributed by atoms with van der Waals surface area (Å²) >= 11 is 5.65. The Bertz CT molecular complexity index is 248. The van der Waals surface area contributed by atoms with Gasteiger partial charge < -0.3 is 4.74 Å². The summed E-state index contributed by atoms with van der Waals surface area (Å²) in [5.41, 5.74) is 0. The summed E-state index contributed by atoms with van der Waals surface area (Å²) in [5.74, 6) is 0.584. The van der Waals surface area contributed by atoms with Crippen LogP contribution in [0.2, 0.25) is 5.02 Å². The van der Waals surface area contributed by atoms with Crippen LogP contribution in [0.15, 0.2) is 24.3 Å². The summed E-state index contributed by atoms with van der Waals surface area (Å²) < 4.78 is 4.93. The summed E-state index contributed by atoms with van der Waals surface area (Å²) in [6.07, 6.45) is 1.62. The largest absolute Gasteiger partial charge is 0.485 e. The maximum absolute atomic E-state index is 9.78. The van der Waals surface area contributed by atoms with E-state index in [0.29, 0.717) is 10.8 Å². The highest BCUT2D eigenvalue weighted by Gasteiger charge is 1.92. The summed E-state index contributed by atoms with van der Waals surface area (Å²) in [7, 11) is 0. The molecule has 0 atom stereocenters. The zero-order chi connectivity index (χ0) is 8.10. The van der Waals surface area contributed by atoms with Crippen LogP contribution in [-0.4, -0.2) is 12.9 Å². The number of benzene rings is 1. The molecule has 1 rings (SSSR count). The van der Waals surface area contributed by atoms with Crippen LogP contribution in [0.4, 0.5) is 0 Å². The Morgan fingerprint density at radius 1 is 1.55 bits per heavy atom. The van der Waals surface area contributed by atoms with Crippen molar-refractivity contribution in [3.05, 3.63) is 29.3 Å². The van der Waals surface area contributed by atoms with Crippen LogP contribution >= 0.6 is 11.6 Å². The molecule has 0 unspecified atom stereocenters. The Morgan fingerprint density at radius 2 is 2.36 bits per heavy atom. The molecular formula is C8H6ClO2. The van der Waals surface area contributed by atoms with Crippen molar-refractivity contribution in [2.24, 2.45) is 0 Å². The van der Waals surface area contributed by atoms with Gasteiger partial charge in [-0.25, -0.2) is 0 Å². The van der Waals surface area contributed by atoms with Crippen molar-refractivity contribution in [1.82, 2.24) is 0 Å². The van der Waals surface area contributed by atoms with E-state index in [-0.39, 0.29) is 6.61 Å². The average Bonchev–Trinajstić information content (AvgIpc) is 2.01. The predicted octanol–water partition coefficient (Wildman–Crippen LogP) is 1.83. The molecule has 2 nitrogen and oxygen atoms in total. The minimum atomic E-state index is -0.0552. The van der Waals surface area contributed by atoms with Gasteiger partial charge in [-0.2, -0.15) is 0 Å². The molecule has 0 amide bonds. The van der Waals surface area contributed by atoms with E-state index >= 15 is 0 Å². The van der Waals surface area contributed by atoms with Crippen LogP contribution in [0.25, 0.3) is 0 Å². The van der Waals surface area contributed by atoms with E-state index in [1.165, 1.54) is 0 Å². The molecule has 1 aromatic carbocycles. The van der Waals surface area contributed by atoms with E-state index in [0.717, 1.165) is 0 Å². The first-order valence-electron chi connectivity index (χ1n) is 3.06. The highest BCUT2D eigenvalue weighted by atomic mass is 35.5. The number of ether oxygens (including phenoxy) is 1. The van der Waals surface area contributed by atoms with Crippen LogP contribution in [0.1, 0.15) is 0 Å². The van der Waals surface area contributed by atoms with Gasteiger partial charge in [0.2, 0.25) is 6.29 Å². The van der Waals surface area contributed by atoms with Crippen molar-refractivity contribution in [3.8, 4) is 5.75 Å². The normalized spacial score (nSPS) is 9.18. The van der Waals surface area contributed by atoms with Gasteiger partial charge >= 0.3 is 0 Å². The average molecular weight is 170 g/mol. The van der Waals surface area contributed by atoms with Gasteiger partial charge in [0.05, 0.1) is 0 Å². The van der Waals surface area contributed by atoms with Crippen LogP contribution in [0.3, 0.4) is 0 Å². The molecule has 0 spiro atoms. The fourth-order valence-electron chi connectivity index (χ4n) is 0.670. The Labute approximate surface area is 69.7 Å². The van der Waals surface area contributed by atoms with Gasteiger partial charge in [-0.3, -0.25) is 4.79 Å². The first-order chi connectivity index (χ1) is 5.33. The molecule has 0 heterocycles. The standard InChI is InChI=1S/C8H6ClO2/c9-7-2-1-3-8(6-7)11-5-4-10/h1-3,6H,5H2. The highest BCUT2D eigenvalue weighted by Crippen LogP contribution is 2.16. The maximum Gasteiger partial charge on any atom is 0.239 e. The molecule has 0 saturated heterocycles. The molecule has 1 aromatic rings. The smallest absolute Gasteiger partial charge is 0.239 e. The summed E-state index contributed by atoms with van der Waals surface area (Å²) in [6.45, 7) is -0.0552. The fraction of sp³-hybridized carbons (Fsp3) is 0.125. The second-order valence-corrected chi connectivity index (χ2v) is 2.33. The van der Waals surface area contributed by atoms with Gasteiger partial charge in [-0.05, 0) is 18.2 Å². The highest BCUT2D eigenvalue weighted by molar-refractivity contribution is 6.30. The van der Waals surface area contributed by atoms with E-state index in [1.807, 2.05) is 0 Å². The lowest BCUT2D eigenvalue weighted by molar-refractivity contribution is 0.365.